The topological polar surface area (TPSA) is 57.5 Å². The van der Waals surface area contributed by atoms with E-state index in [1.165, 1.54) is 5.56 Å². The Kier molecular flexibility index (Phi) is 5.05. The molecule has 2 aromatic carbocycles. The molecule has 0 amide bonds. The number of nitrogens with one attached hydrogen (secondary N) is 1. The van der Waals surface area contributed by atoms with Crippen molar-refractivity contribution >= 4 is 28.1 Å². The standard InChI is InChI=1S/C22H25N3O/c1-15(14-26)23-20-16(2)18-12-8-9-13-19(18)24-21(20)25-22(3,4)17-10-6-5-7-11-17/h5-13,26H,14H2,1-4H3,(H,24,25). The SMILES string of the molecule is CC(CO)=Nc1c(NC(C)(C)c2ccccc2)nc2ccccc2c1C. The van der Waals surface area contributed by atoms with E-state index in [-0.39, 0.29) is 12.1 Å². The highest BCUT2D eigenvalue weighted by molar-refractivity contribution is 5.94. The molecule has 0 unspecified atom stereocenters. The summed E-state index contributed by atoms with van der Waals surface area (Å²) in [7, 11) is 0. The number of aromatic nitrogens is 1. The van der Waals surface area contributed by atoms with Gasteiger partial charge in [0.05, 0.1) is 17.7 Å². The summed E-state index contributed by atoms with van der Waals surface area (Å²) in [5, 5.41) is 14.1. The van der Waals surface area contributed by atoms with Gasteiger partial charge in [0.2, 0.25) is 0 Å². The van der Waals surface area contributed by atoms with E-state index >= 15 is 0 Å². The molecule has 0 saturated carbocycles. The third-order valence-corrected chi connectivity index (χ3v) is 4.58. The number of benzene rings is 2. The first-order chi connectivity index (χ1) is 12.4. The van der Waals surface area contributed by atoms with Crippen LogP contribution >= 0.6 is 0 Å². The van der Waals surface area contributed by atoms with Crippen molar-refractivity contribution in [2.45, 2.75) is 33.2 Å². The summed E-state index contributed by atoms with van der Waals surface area (Å²) in [5.74, 6) is 0.725. The van der Waals surface area contributed by atoms with Gasteiger partial charge in [-0.2, -0.15) is 0 Å². The number of hydrogen-bond donors (Lipinski definition) is 2. The number of rotatable bonds is 5. The van der Waals surface area contributed by atoms with Gasteiger partial charge >= 0.3 is 0 Å². The highest BCUT2D eigenvalue weighted by atomic mass is 16.3. The number of aliphatic imine (C=N–C) groups is 1. The molecule has 3 aromatic rings. The zero-order chi connectivity index (χ0) is 18.7. The fourth-order valence-electron chi connectivity index (χ4n) is 3.04. The summed E-state index contributed by atoms with van der Waals surface area (Å²) >= 11 is 0. The second-order valence-corrected chi connectivity index (χ2v) is 7.07. The largest absolute Gasteiger partial charge is 0.390 e. The van der Waals surface area contributed by atoms with Gasteiger partial charge in [-0.25, -0.2) is 4.98 Å². The van der Waals surface area contributed by atoms with Crippen LogP contribution in [0.3, 0.4) is 0 Å². The van der Waals surface area contributed by atoms with E-state index in [1.807, 2.05) is 50.2 Å². The predicted octanol–water partition coefficient (Wildman–Crippen LogP) is 4.98. The molecule has 0 radical (unpaired) electrons. The first-order valence-electron chi connectivity index (χ1n) is 8.80. The van der Waals surface area contributed by atoms with Crippen LogP contribution in [-0.2, 0) is 5.54 Å². The molecule has 0 atom stereocenters. The van der Waals surface area contributed by atoms with E-state index in [4.69, 9.17) is 4.98 Å². The van der Waals surface area contributed by atoms with Crippen LogP contribution in [0.15, 0.2) is 59.6 Å². The van der Waals surface area contributed by atoms with Gasteiger partial charge in [-0.3, -0.25) is 4.99 Å². The van der Waals surface area contributed by atoms with Gasteiger partial charge in [0.15, 0.2) is 5.82 Å². The van der Waals surface area contributed by atoms with Crippen molar-refractivity contribution in [3.8, 4) is 0 Å². The zero-order valence-corrected chi connectivity index (χ0v) is 15.7. The maximum Gasteiger partial charge on any atom is 0.153 e. The monoisotopic (exact) mass is 347 g/mol. The van der Waals surface area contributed by atoms with Crippen LogP contribution in [0.1, 0.15) is 31.9 Å². The molecule has 3 rings (SSSR count). The van der Waals surface area contributed by atoms with E-state index in [0.29, 0.717) is 5.71 Å². The smallest absolute Gasteiger partial charge is 0.153 e. The van der Waals surface area contributed by atoms with Gasteiger partial charge in [-0.05, 0) is 44.9 Å². The summed E-state index contributed by atoms with van der Waals surface area (Å²) in [6.45, 7) is 8.05. The Morgan fingerprint density at radius 2 is 1.73 bits per heavy atom. The van der Waals surface area contributed by atoms with Crippen LogP contribution in [-0.4, -0.2) is 22.4 Å². The normalized spacial score (nSPS) is 12.4. The van der Waals surface area contributed by atoms with Crippen molar-refractivity contribution in [1.29, 1.82) is 0 Å². The lowest BCUT2D eigenvalue weighted by molar-refractivity contribution is 0.357. The lowest BCUT2D eigenvalue weighted by Gasteiger charge is -2.29. The molecule has 26 heavy (non-hydrogen) atoms. The molecule has 1 heterocycles. The molecule has 0 spiro atoms. The fraction of sp³-hybridized carbons (Fsp3) is 0.273. The molecule has 4 heteroatoms. The van der Waals surface area contributed by atoms with Crippen LogP contribution in [0.2, 0.25) is 0 Å². The van der Waals surface area contributed by atoms with E-state index in [2.05, 4.69) is 42.4 Å². The maximum absolute atomic E-state index is 9.43. The molecule has 0 aliphatic heterocycles. The number of hydrogen-bond acceptors (Lipinski definition) is 4. The Bertz CT molecular complexity index is 946. The summed E-state index contributed by atoms with van der Waals surface area (Å²) < 4.78 is 0. The lowest BCUT2D eigenvalue weighted by atomic mass is 9.94. The number of anilines is 1. The molecule has 4 nitrogen and oxygen atoms in total. The van der Waals surface area contributed by atoms with Gasteiger partial charge in [-0.15, -0.1) is 0 Å². The fourth-order valence-corrected chi connectivity index (χ4v) is 3.04. The van der Waals surface area contributed by atoms with Crippen LogP contribution in [0.5, 0.6) is 0 Å². The molecular weight excluding hydrogens is 322 g/mol. The molecule has 1 aromatic heterocycles. The Balaban J connectivity index is 2.16. The van der Waals surface area contributed by atoms with Crippen LogP contribution in [0.25, 0.3) is 10.9 Å². The number of nitrogens with zero attached hydrogens (tertiary/aromatic N) is 2. The number of aliphatic hydroxyl groups is 1. The third-order valence-electron chi connectivity index (χ3n) is 4.58. The predicted molar refractivity (Wildman–Crippen MR) is 109 cm³/mol. The van der Waals surface area contributed by atoms with Crippen molar-refractivity contribution in [2.75, 3.05) is 11.9 Å². The lowest BCUT2D eigenvalue weighted by Crippen LogP contribution is -2.28. The Hall–Kier alpha value is -2.72. The summed E-state index contributed by atoms with van der Waals surface area (Å²) in [4.78, 5) is 9.48. The van der Waals surface area contributed by atoms with Crippen molar-refractivity contribution in [3.63, 3.8) is 0 Å². The molecule has 0 fully saturated rings. The zero-order valence-electron chi connectivity index (χ0n) is 15.7. The Morgan fingerprint density at radius 3 is 2.42 bits per heavy atom. The third kappa shape index (κ3) is 3.60. The number of para-hydroxylation sites is 1. The Labute approximate surface area is 154 Å². The van der Waals surface area contributed by atoms with Crippen LogP contribution < -0.4 is 5.32 Å². The Morgan fingerprint density at radius 1 is 1.08 bits per heavy atom. The minimum atomic E-state index is -0.319. The van der Waals surface area contributed by atoms with Crippen LogP contribution in [0, 0.1) is 6.92 Å². The number of aliphatic hydroxyl groups excluding tert-OH is 1. The average molecular weight is 347 g/mol. The van der Waals surface area contributed by atoms with Gasteiger partial charge in [0.1, 0.15) is 5.69 Å². The highest BCUT2D eigenvalue weighted by Crippen LogP contribution is 2.36. The van der Waals surface area contributed by atoms with E-state index in [0.717, 1.165) is 28.0 Å². The minimum Gasteiger partial charge on any atom is -0.390 e. The quantitative estimate of drug-likeness (QED) is 0.640. The van der Waals surface area contributed by atoms with E-state index in [9.17, 15) is 5.11 Å². The first kappa shape index (κ1) is 18.1. The van der Waals surface area contributed by atoms with Crippen LogP contribution in [0.4, 0.5) is 11.5 Å². The number of fused-ring (bicyclic) bond motifs is 1. The molecule has 0 saturated heterocycles. The molecule has 0 aliphatic rings. The van der Waals surface area contributed by atoms with E-state index < -0.39 is 0 Å². The molecule has 0 bridgehead atoms. The van der Waals surface area contributed by atoms with Gasteiger partial charge < -0.3 is 10.4 Å². The van der Waals surface area contributed by atoms with Crippen molar-refractivity contribution in [3.05, 3.63) is 65.7 Å². The summed E-state index contributed by atoms with van der Waals surface area (Å²) in [6.07, 6.45) is 0. The van der Waals surface area contributed by atoms with Crippen molar-refractivity contribution in [2.24, 2.45) is 4.99 Å². The minimum absolute atomic E-state index is 0.0756. The summed E-state index contributed by atoms with van der Waals surface area (Å²) in [5.41, 5.74) is 4.26. The maximum atomic E-state index is 9.43. The van der Waals surface area contributed by atoms with Gasteiger partial charge in [0.25, 0.3) is 0 Å². The molecule has 0 aliphatic carbocycles. The van der Waals surface area contributed by atoms with E-state index in [1.54, 1.807) is 0 Å². The summed E-state index contributed by atoms with van der Waals surface area (Å²) in [6, 6.07) is 18.3. The highest BCUT2D eigenvalue weighted by Gasteiger charge is 2.23. The van der Waals surface area contributed by atoms with Gasteiger partial charge in [-0.1, -0.05) is 48.5 Å². The van der Waals surface area contributed by atoms with Crippen molar-refractivity contribution < 1.29 is 5.11 Å². The second kappa shape index (κ2) is 7.26. The average Bonchev–Trinajstić information content (AvgIpc) is 2.65. The first-order valence-corrected chi connectivity index (χ1v) is 8.80. The molecule has 2 N–H and O–H groups in total. The molecular formula is C22H25N3O. The second-order valence-electron chi connectivity index (χ2n) is 7.07. The number of pyridine rings is 1. The van der Waals surface area contributed by atoms with Crippen molar-refractivity contribution in [1.82, 2.24) is 4.98 Å². The van der Waals surface area contributed by atoms with Gasteiger partial charge in [0, 0.05) is 11.1 Å². The molecule has 134 valence electrons. The number of aryl methyl sites for hydroxylation is 1.